The normalized spacial score (nSPS) is 11.6. The topological polar surface area (TPSA) is 96.5 Å². The van der Waals surface area contributed by atoms with Gasteiger partial charge in [-0.2, -0.15) is 0 Å². The molecule has 0 saturated heterocycles. The van der Waals surface area contributed by atoms with Crippen molar-refractivity contribution in [3.05, 3.63) is 196 Å². The molecule has 3 N–H and O–H groups in total. The number of amides is 3. The van der Waals surface area contributed by atoms with Crippen molar-refractivity contribution in [2.45, 2.75) is 16.8 Å². The zero-order valence-electron chi connectivity index (χ0n) is 28.2. The van der Waals surface area contributed by atoms with E-state index in [0.717, 1.165) is 5.56 Å². The van der Waals surface area contributed by atoms with E-state index in [1.807, 2.05) is 66.7 Å². The number of carbonyl (C=O) groups excluding carboxylic acids is 3. The molecule has 0 aliphatic carbocycles. The standard InChI is InChI=1S/C43H33BrFN3O4S/c44-33-21-24-38(37(45)26-33)47-43(51)40(31-13-6-2-7-14-31)53-36-18-10-17-34(27-36)46-42(50)39(48-41(49)32-15-8-3-9-16-32)25-29-19-22-35(23-20-29)52-28-30-11-4-1-5-12-30/h1-27,40H,28H2,(H,46,50)(H,47,51)(H,48,49)/b39-25-. The Kier molecular flexibility index (Phi) is 12.5. The Morgan fingerprint density at radius 3 is 2.11 bits per heavy atom. The molecule has 264 valence electrons. The Labute approximate surface area is 319 Å². The van der Waals surface area contributed by atoms with E-state index >= 15 is 0 Å². The molecule has 7 nitrogen and oxygen atoms in total. The summed E-state index contributed by atoms with van der Waals surface area (Å²) in [6, 6.07) is 46.3. The lowest BCUT2D eigenvalue weighted by Crippen LogP contribution is -2.30. The minimum atomic E-state index is -0.745. The van der Waals surface area contributed by atoms with Crippen molar-refractivity contribution in [2.75, 3.05) is 10.6 Å². The van der Waals surface area contributed by atoms with E-state index < -0.39 is 28.8 Å². The second-order valence-electron chi connectivity index (χ2n) is 11.7. The largest absolute Gasteiger partial charge is 0.489 e. The number of nitrogens with one attached hydrogen (secondary N) is 3. The molecule has 1 atom stereocenters. The van der Waals surface area contributed by atoms with E-state index in [4.69, 9.17) is 4.74 Å². The molecule has 0 aromatic heterocycles. The SMILES string of the molecule is O=C(Nc1cccc(SC(C(=O)Nc2ccc(Br)cc2F)c2ccccc2)c1)/C(=C/c1ccc(OCc2ccccc2)cc1)NC(=O)c1ccccc1. The van der Waals surface area contributed by atoms with Crippen LogP contribution in [0.3, 0.4) is 0 Å². The Hall–Kier alpha value is -5.97. The van der Waals surface area contributed by atoms with Gasteiger partial charge in [0.1, 0.15) is 29.1 Å². The van der Waals surface area contributed by atoms with E-state index in [1.54, 1.807) is 84.9 Å². The summed E-state index contributed by atoms with van der Waals surface area (Å²) in [7, 11) is 0. The Bertz CT molecular complexity index is 2220. The number of thioether (sulfide) groups is 1. The zero-order chi connectivity index (χ0) is 37.0. The van der Waals surface area contributed by atoms with Crippen LogP contribution in [0, 0.1) is 5.82 Å². The van der Waals surface area contributed by atoms with Gasteiger partial charge in [0.15, 0.2) is 0 Å². The summed E-state index contributed by atoms with van der Waals surface area (Å²) in [5, 5.41) is 7.62. The van der Waals surface area contributed by atoms with Gasteiger partial charge in [-0.25, -0.2) is 4.39 Å². The predicted molar refractivity (Wildman–Crippen MR) is 212 cm³/mol. The number of hydrogen-bond donors (Lipinski definition) is 3. The van der Waals surface area contributed by atoms with Gasteiger partial charge >= 0.3 is 0 Å². The van der Waals surface area contributed by atoms with Gasteiger partial charge < -0.3 is 20.7 Å². The van der Waals surface area contributed by atoms with Crippen LogP contribution < -0.4 is 20.7 Å². The van der Waals surface area contributed by atoms with Crippen molar-refractivity contribution in [3.8, 4) is 5.75 Å². The number of benzene rings is 6. The van der Waals surface area contributed by atoms with Crippen LogP contribution in [0.25, 0.3) is 6.08 Å². The highest BCUT2D eigenvalue weighted by molar-refractivity contribution is 9.10. The highest BCUT2D eigenvalue weighted by Gasteiger charge is 2.24. The lowest BCUT2D eigenvalue weighted by molar-refractivity contribution is -0.116. The summed E-state index contributed by atoms with van der Waals surface area (Å²) in [5.41, 5.74) is 3.33. The van der Waals surface area contributed by atoms with Crippen LogP contribution in [0.1, 0.15) is 32.3 Å². The van der Waals surface area contributed by atoms with Gasteiger partial charge in [0.2, 0.25) is 5.91 Å². The summed E-state index contributed by atoms with van der Waals surface area (Å²) < 4.78 is 21.1. The van der Waals surface area contributed by atoms with Gasteiger partial charge in [0.25, 0.3) is 11.8 Å². The lowest BCUT2D eigenvalue weighted by atomic mass is 10.1. The molecule has 0 spiro atoms. The van der Waals surface area contributed by atoms with Crippen LogP contribution in [-0.2, 0) is 16.2 Å². The van der Waals surface area contributed by atoms with Crippen molar-refractivity contribution < 1.29 is 23.5 Å². The molecule has 0 fully saturated rings. The van der Waals surface area contributed by atoms with Crippen molar-refractivity contribution >= 4 is 62.9 Å². The third kappa shape index (κ3) is 10.5. The molecule has 6 aromatic carbocycles. The van der Waals surface area contributed by atoms with Gasteiger partial charge in [-0.15, -0.1) is 11.8 Å². The van der Waals surface area contributed by atoms with Gasteiger partial charge in [0.05, 0.1) is 5.69 Å². The fraction of sp³-hybridized carbons (Fsp3) is 0.0465. The zero-order valence-corrected chi connectivity index (χ0v) is 30.6. The maximum atomic E-state index is 14.6. The monoisotopic (exact) mass is 785 g/mol. The number of anilines is 2. The first kappa shape index (κ1) is 36.8. The average Bonchev–Trinajstić information content (AvgIpc) is 3.18. The molecule has 6 aromatic rings. The van der Waals surface area contributed by atoms with E-state index in [0.29, 0.717) is 44.1 Å². The highest BCUT2D eigenvalue weighted by atomic mass is 79.9. The molecule has 10 heteroatoms. The smallest absolute Gasteiger partial charge is 0.272 e. The summed E-state index contributed by atoms with van der Waals surface area (Å²) in [4.78, 5) is 41.3. The molecular formula is C43H33BrFN3O4S. The first-order chi connectivity index (χ1) is 25.8. The molecule has 3 amide bonds. The van der Waals surface area contributed by atoms with Gasteiger partial charge in [-0.3, -0.25) is 14.4 Å². The van der Waals surface area contributed by atoms with Crippen LogP contribution in [0.15, 0.2) is 173 Å². The van der Waals surface area contributed by atoms with E-state index in [2.05, 4.69) is 31.9 Å². The van der Waals surface area contributed by atoms with Gasteiger partial charge in [0, 0.05) is 20.6 Å². The molecular weight excluding hydrogens is 753 g/mol. The first-order valence-electron chi connectivity index (χ1n) is 16.5. The summed E-state index contributed by atoms with van der Waals surface area (Å²) in [6.45, 7) is 0.411. The second-order valence-corrected chi connectivity index (χ2v) is 13.8. The van der Waals surface area contributed by atoms with Crippen molar-refractivity contribution in [3.63, 3.8) is 0 Å². The maximum Gasteiger partial charge on any atom is 0.272 e. The van der Waals surface area contributed by atoms with Crippen molar-refractivity contribution in [1.82, 2.24) is 5.32 Å². The quantitative estimate of drug-likeness (QED) is 0.0801. The van der Waals surface area contributed by atoms with Gasteiger partial charge in [-0.1, -0.05) is 113 Å². The number of halogens is 2. The fourth-order valence-corrected chi connectivity index (χ4v) is 6.60. The third-order valence-electron chi connectivity index (χ3n) is 7.84. The van der Waals surface area contributed by atoms with E-state index in [-0.39, 0.29) is 11.4 Å². The summed E-state index contributed by atoms with van der Waals surface area (Å²) in [6.07, 6.45) is 1.59. The molecule has 1 unspecified atom stereocenters. The van der Waals surface area contributed by atoms with Crippen LogP contribution >= 0.6 is 27.7 Å². The molecule has 53 heavy (non-hydrogen) atoms. The van der Waals surface area contributed by atoms with E-state index in [9.17, 15) is 18.8 Å². The van der Waals surface area contributed by atoms with Crippen molar-refractivity contribution in [2.24, 2.45) is 0 Å². The number of carbonyl (C=O) groups is 3. The van der Waals surface area contributed by atoms with Crippen LogP contribution in [0.2, 0.25) is 0 Å². The predicted octanol–water partition coefficient (Wildman–Crippen LogP) is 10.0. The summed E-state index contributed by atoms with van der Waals surface area (Å²) in [5.74, 6) is -1.32. The fourth-order valence-electron chi connectivity index (χ4n) is 5.18. The average molecular weight is 787 g/mol. The van der Waals surface area contributed by atoms with Crippen LogP contribution in [0.4, 0.5) is 15.8 Å². The molecule has 0 saturated carbocycles. The highest BCUT2D eigenvalue weighted by Crippen LogP contribution is 2.37. The lowest BCUT2D eigenvalue weighted by Gasteiger charge is -2.18. The molecule has 0 heterocycles. The third-order valence-corrected chi connectivity index (χ3v) is 9.58. The van der Waals surface area contributed by atoms with Crippen LogP contribution in [0.5, 0.6) is 5.75 Å². The molecule has 0 radical (unpaired) electrons. The number of rotatable bonds is 13. The molecule has 0 aliphatic heterocycles. The second kappa shape index (κ2) is 18.0. The minimum absolute atomic E-state index is 0.0212. The summed E-state index contributed by atoms with van der Waals surface area (Å²) >= 11 is 4.49. The van der Waals surface area contributed by atoms with Crippen molar-refractivity contribution in [1.29, 1.82) is 0 Å². The van der Waals surface area contributed by atoms with Crippen LogP contribution in [-0.4, -0.2) is 17.7 Å². The molecule has 0 aliphatic rings. The Morgan fingerprint density at radius 2 is 1.42 bits per heavy atom. The van der Waals surface area contributed by atoms with Gasteiger partial charge in [-0.05, 0) is 83.4 Å². The molecule has 0 bridgehead atoms. The Balaban J connectivity index is 1.21. The maximum absolute atomic E-state index is 14.6. The van der Waals surface area contributed by atoms with E-state index in [1.165, 1.54) is 23.9 Å². The number of hydrogen-bond acceptors (Lipinski definition) is 5. The molecule has 6 rings (SSSR count). The first-order valence-corrected chi connectivity index (χ1v) is 18.2. The number of ether oxygens (including phenoxy) is 1. The minimum Gasteiger partial charge on any atom is -0.489 e. The Morgan fingerprint density at radius 1 is 0.736 bits per heavy atom.